The summed E-state index contributed by atoms with van der Waals surface area (Å²) in [6, 6.07) is 0.648. The Hall–Kier alpha value is -0.340. The molecule has 0 aromatic heterocycles. The first-order chi connectivity index (χ1) is 8.44. The number of hydrogen-bond donors (Lipinski definition) is 1. The van der Waals surface area contributed by atoms with Gasteiger partial charge in [0.25, 0.3) is 0 Å². The molecule has 1 saturated heterocycles. The van der Waals surface area contributed by atoms with E-state index in [-0.39, 0.29) is 5.60 Å². The molecule has 0 spiro atoms. The van der Waals surface area contributed by atoms with Crippen LogP contribution in [0.2, 0.25) is 0 Å². The Bertz CT molecular complexity index is 308. The summed E-state index contributed by atoms with van der Waals surface area (Å²) < 4.78 is 5.77. The Morgan fingerprint density at radius 1 is 1.44 bits per heavy atom. The zero-order valence-corrected chi connectivity index (χ0v) is 12.5. The summed E-state index contributed by atoms with van der Waals surface area (Å²) in [7, 11) is 0. The Kier molecular flexibility index (Phi) is 4.50. The van der Waals surface area contributed by atoms with Gasteiger partial charge in [-0.2, -0.15) is 0 Å². The van der Waals surface area contributed by atoms with Crippen LogP contribution in [0.3, 0.4) is 0 Å². The molecule has 0 bridgehead atoms. The summed E-state index contributed by atoms with van der Waals surface area (Å²) in [5.41, 5.74) is 1.64. The monoisotopic (exact) mass is 251 g/mol. The molecule has 0 radical (unpaired) electrons. The van der Waals surface area contributed by atoms with Crippen molar-refractivity contribution in [3.05, 3.63) is 11.6 Å². The van der Waals surface area contributed by atoms with Crippen molar-refractivity contribution in [1.82, 2.24) is 5.32 Å². The van der Waals surface area contributed by atoms with Gasteiger partial charge in [0.15, 0.2) is 0 Å². The van der Waals surface area contributed by atoms with Crippen molar-refractivity contribution in [2.75, 3.05) is 13.2 Å². The van der Waals surface area contributed by atoms with Gasteiger partial charge in [0, 0.05) is 12.6 Å². The second-order valence-electron chi connectivity index (χ2n) is 7.00. The number of ether oxygens (including phenoxy) is 1. The van der Waals surface area contributed by atoms with Crippen molar-refractivity contribution in [2.24, 2.45) is 11.8 Å². The van der Waals surface area contributed by atoms with Crippen LogP contribution >= 0.6 is 0 Å². The third-order valence-electron chi connectivity index (χ3n) is 4.28. The quantitative estimate of drug-likeness (QED) is 0.775. The van der Waals surface area contributed by atoms with Gasteiger partial charge < -0.3 is 10.1 Å². The molecule has 2 rings (SSSR count). The predicted molar refractivity (Wildman–Crippen MR) is 76.7 cm³/mol. The Balaban J connectivity index is 1.76. The van der Waals surface area contributed by atoms with Crippen molar-refractivity contribution >= 4 is 0 Å². The van der Waals surface area contributed by atoms with Gasteiger partial charge in [-0.3, -0.25) is 0 Å². The highest BCUT2D eigenvalue weighted by Crippen LogP contribution is 2.28. The highest BCUT2D eigenvalue weighted by Gasteiger charge is 2.29. The van der Waals surface area contributed by atoms with Gasteiger partial charge in [0.1, 0.15) is 0 Å². The molecule has 18 heavy (non-hydrogen) atoms. The van der Waals surface area contributed by atoms with Crippen LogP contribution < -0.4 is 5.32 Å². The largest absolute Gasteiger partial charge is 0.375 e. The van der Waals surface area contributed by atoms with Crippen LogP contribution in [0.25, 0.3) is 0 Å². The molecule has 3 atom stereocenters. The molecule has 1 aliphatic carbocycles. The van der Waals surface area contributed by atoms with E-state index in [1.54, 1.807) is 5.57 Å². The smallest absolute Gasteiger partial charge is 0.0641 e. The van der Waals surface area contributed by atoms with Crippen LogP contribution in [0.5, 0.6) is 0 Å². The van der Waals surface area contributed by atoms with E-state index in [0.717, 1.165) is 24.9 Å². The molecular formula is C16H29NO. The van der Waals surface area contributed by atoms with Gasteiger partial charge in [-0.1, -0.05) is 18.6 Å². The van der Waals surface area contributed by atoms with Crippen LogP contribution in [0, 0.1) is 11.8 Å². The lowest BCUT2D eigenvalue weighted by atomic mass is 9.83. The summed E-state index contributed by atoms with van der Waals surface area (Å²) in [5.74, 6) is 1.59. The molecule has 1 heterocycles. The van der Waals surface area contributed by atoms with Crippen LogP contribution in [0.4, 0.5) is 0 Å². The van der Waals surface area contributed by atoms with Crippen LogP contribution in [-0.4, -0.2) is 24.8 Å². The minimum Gasteiger partial charge on any atom is -0.375 e. The SMILES string of the molecule is CC1=CC(C)CC(CNC2CCOC(C)(C)C2)C1. The van der Waals surface area contributed by atoms with E-state index in [9.17, 15) is 0 Å². The van der Waals surface area contributed by atoms with E-state index in [1.807, 2.05) is 0 Å². The summed E-state index contributed by atoms with van der Waals surface area (Å²) in [6.07, 6.45) is 7.37. The fourth-order valence-corrected chi connectivity index (χ4v) is 3.58. The Labute approximate surface area is 112 Å². The van der Waals surface area contributed by atoms with Crippen molar-refractivity contribution in [3.63, 3.8) is 0 Å². The van der Waals surface area contributed by atoms with Gasteiger partial charge >= 0.3 is 0 Å². The molecule has 3 unspecified atom stereocenters. The maximum absolute atomic E-state index is 5.77. The summed E-state index contributed by atoms with van der Waals surface area (Å²) >= 11 is 0. The summed E-state index contributed by atoms with van der Waals surface area (Å²) in [5, 5.41) is 3.78. The molecule has 1 N–H and O–H groups in total. The zero-order valence-electron chi connectivity index (χ0n) is 12.5. The van der Waals surface area contributed by atoms with E-state index in [1.165, 1.54) is 25.8 Å². The summed E-state index contributed by atoms with van der Waals surface area (Å²) in [4.78, 5) is 0. The Morgan fingerprint density at radius 3 is 2.89 bits per heavy atom. The van der Waals surface area contributed by atoms with E-state index in [0.29, 0.717) is 6.04 Å². The average molecular weight is 251 g/mol. The minimum absolute atomic E-state index is 0.0611. The van der Waals surface area contributed by atoms with Crippen LogP contribution in [0.15, 0.2) is 11.6 Å². The highest BCUT2D eigenvalue weighted by atomic mass is 16.5. The third kappa shape index (κ3) is 4.10. The van der Waals surface area contributed by atoms with Crippen LogP contribution in [-0.2, 0) is 4.74 Å². The molecule has 0 saturated carbocycles. The zero-order chi connectivity index (χ0) is 13.2. The number of allylic oxidation sites excluding steroid dienone is 2. The standard InChI is InChI=1S/C16H29NO/c1-12-7-13(2)9-14(8-12)11-17-15-5-6-18-16(3,4)10-15/h7,12,14-15,17H,5-6,8-11H2,1-4H3. The molecular weight excluding hydrogens is 222 g/mol. The molecule has 0 amide bonds. The number of hydrogen-bond acceptors (Lipinski definition) is 2. The second kappa shape index (κ2) is 5.75. The lowest BCUT2D eigenvalue weighted by molar-refractivity contribution is -0.0632. The fourth-order valence-electron chi connectivity index (χ4n) is 3.58. The first-order valence-electron chi connectivity index (χ1n) is 7.49. The van der Waals surface area contributed by atoms with E-state index in [2.05, 4.69) is 39.1 Å². The van der Waals surface area contributed by atoms with Gasteiger partial charge in [-0.25, -0.2) is 0 Å². The highest BCUT2D eigenvalue weighted by molar-refractivity contribution is 5.06. The van der Waals surface area contributed by atoms with Crippen molar-refractivity contribution < 1.29 is 4.74 Å². The number of nitrogens with one attached hydrogen (secondary N) is 1. The van der Waals surface area contributed by atoms with Gasteiger partial charge in [0.05, 0.1) is 5.60 Å². The molecule has 2 aliphatic rings. The predicted octanol–water partition coefficient (Wildman–Crippen LogP) is 3.53. The van der Waals surface area contributed by atoms with Crippen molar-refractivity contribution in [3.8, 4) is 0 Å². The second-order valence-corrected chi connectivity index (χ2v) is 7.00. The molecule has 1 aliphatic heterocycles. The van der Waals surface area contributed by atoms with E-state index < -0.39 is 0 Å². The lowest BCUT2D eigenvalue weighted by Gasteiger charge is -2.37. The van der Waals surface area contributed by atoms with Gasteiger partial charge in [-0.05, 0) is 64.8 Å². The van der Waals surface area contributed by atoms with Crippen LogP contribution in [0.1, 0.15) is 53.4 Å². The minimum atomic E-state index is 0.0611. The van der Waals surface area contributed by atoms with Gasteiger partial charge in [-0.15, -0.1) is 0 Å². The normalized spacial score (nSPS) is 36.2. The maximum Gasteiger partial charge on any atom is 0.0641 e. The third-order valence-corrected chi connectivity index (χ3v) is 4.28. The van der Waals surface area contributed by atoms with E-state index >= 15 is 0 Å². The topological polar surface area (TPSA) is 21.3 Å². The lowest BCUT2D eigenvalue weighted by Crippen LogP contribution is -2.45. The fraction of sp³-hybridized carbons (Fsp3) is 0.875. The molecule has 0 aromatic rings. The molecule has 0 aromatic carbocycles. The average Bonchev–Trinajstić information content (AvgIpc) is 2.24. The number of rotatable bonds is 3. The molecule has 2 heteroatoms. The molecule has 1 fully saturated rings. The van der Waals surface area contributed by atoms with Crippen molar-refractivity contribution in [1.29, 1.82) is 0 Å². The maximum atomic E-state index is 5.77. The first-order valence-corrected chi connectivity index (χ1v) is 7.49. The van der Waals surface area contributed by atoms with Gasteiger partial charge in [0.2, 0.25) is 0 Å². The molecule has 2 nitrogen and oxygen atoms in total. The Morgan fingerprint density at radius 2 is 2.22 bits per heavy atom. The summed E-state index contributed by atoms with van der Waals surface area (Å²) in [6.45, 7) is 11.1. The van der Waals surface area contributed by atoms with Crippen molar-refractivity contribution in [2.45, 2.75) is 65.0 Å². The van der Waals surface area contributed by atoms with E-state index in [4.69, 9.17) is 4.74 Å². The molecule has 104 valence electrons. The first kappa shape index (κ1) is 14.1.